The minimum Gasteiger partial charge on any atom is -0.463 e. The van der Waals surface area contributed by atoms with Gasteiger partial charge < -0.3 is 29.9 Å². The summed E-state index contributed by atoms with van der Waals surface area (Å²) >= 11 is 0. The van der Waals surface area contributed by atoms with E-state index in [9.17, 15) is 25.2 Å². The van der Waals surface area contributed by atoms with Crippen molar-refractivity contribution in [2.45, 2.75) is 115 Å². The molecule has 4 N–H and O–H groups in total. The maximum Gasteiger partial charge on any atom is 0.305 e. The van der Waals surface area contributed by atoms with Gasteiger partial charge in [-0.2, -0.15) is 0 Å². The van der Waals surface area contributed by atoms with Gasteiger partial charge in [-0.05, 0) is 6.42 Å². The molecule has 0 amide bonds. The molecule has 1 saturated heterocycles. The Morgan fingerprint density at radius 1 is 0.778 bits per heavy atom. The number of aliphatic hydroxyl groups excluding tert-OH is 4. The molecule has 1 aliphatic heterocycles. The highest BCUT2D eigenvalue weighted by Gasteiger charge is 2.43. The molecule has 27 heavy (non-hydrogen) atoms. The first-order valence-electron chi connectivity index (χ1n) is 10.5. The van der Waals surface area contributed by atoms with Gasteiger partial charge in [0.05, 0.1) is 0 Å². The lowest BCUT2D eigenvalue weighted by Crippen LogP contribution is -2.58. The first-order chi connectivity index (χ1) is 13.0. The molecule has 0 aromatic rings. The molecule has 0 aromatic heterocycles. The number of aliphatic hydroxyl groups is 4. The van der Waals surface area contributed by atoms with Crippen molar-refractivity contribution in [2.24, 2.45) is 0 Å². The summed E-state index contributed by atoms with van der Waals surface area (Å²) < 4.78 is 10.0. The topological polar surface area (TPSA) is 116 Å². The molecule has 0 aromatic carbocycles. The van der Waals surface area contributed by atoms with Crippen molar-refractivity contribution in [3.63, 3.8) is 0 Å². The van der Waals surface area contributed by atoms with Gasteiger partial charge in [0.2, 0.25) is 0 Å². The van der Waals surface area contributed by atoms with E-state index in [1.54, 1.807) is 0 Å². The molecule has 1 heterocycles. The van der Waals surface area contributed by atoms with E-state index in [1.807, 2.05) is 0 Å². The molecule has 0 unspecified atom stereocenters. The summed E-state index contributed by atoms with van der Waals surface area (Å²) in [6, 6.07) is 0. The molecular formula is C20H38O7. The van der Waals surface area contributed by atoms with E-state index in [0.717, 1.165) is 19.3 Å². The maximum atomic E-state index is 11.7. The van der Waals surface area contributed by atoms with Crippen molar-refractivity contribution < 1.29 is 34.7 Å². The fourth-order valence-electron chi connectivity index (χ4n) is 3.25. The van der Waals surface area contributed by atoms with E-state index >= 15 is 0 Å². The summed E-state index contributed by atoms with van der Waals surface area (Å²) in [6.45, 7) is 1.96. The van der Waals surface area contributed by atoms with Gasteiger partial charge >= 0.3 is 5.97 Å². The molecule has 0 spiro atoms. The Labute approximate surface area is 162 Å². The minimum absolute atomic E-state index is 0.265. The van der Waals surface area contributed by atoms with Gasteiger partial charge in [-0.15, -0.1) is 0 Å². The predicted octanol–water partition coefficient (Wildman–Crippen LogP) is 2.03. The van der Waals surface area contributed by atoms with Gasteiger partial charge in [0, 0.05) is 6.42 Å². The molecule has 160 valence electrons. The summed E-state index contributed by atoms with van der Waals surface area (Å²) in [5, 5.41) is 38.2. The standard InChI is InChI=1S/C20H38O7/c1-2-3-4-5-6-7-8-9-10-11-12-13-16(21)26-14-15-17(22)18(23)19(24)20(25)27-15/h15,17-20,22-25H,2-14H2,1H3/t15-,17-,18+,19-,20+/m1/s1. The molecule has 5 atom stereocenters. The highest BCUT2D eigenvalue weighted by atomic mass is 16.6. The van der Waals surface area contributed by atoms with Crippen LogP contribution in [0.2, 0.25) is 0 Å². The summed E-state index contributed by atoms with van der Waals surface area (Å²) in [7, 11) is 0. The minimum atomic E-state index is -1.61. The predicted molar refractivity (Wildman–Crippen MR) is 101 cm³/mol. The highest BCUT2D eigenvalue weighted by molar-refractivity contribution is 5.69. The third-order valence-corrected chi connectivity index (χ3v) is 5.08. The largest absolute Gasteiger partial charge is 0.463 e. The van der Waals surface area contributed by atoms with Crippen LogP contribution in [0, 0.1) is 0 Å². The summed E-state index contributed by atoms with van der Waals surface area (Å²) in [4.78, 5) is 11.7. The Bertz CT molecular complexity index is 391. The fraction of sp³-hybridized carbons (Fsp3) is 0.950. The Balaban J connectivity index is 1.99. The van der Waals surface area contributed by atoms with Crippen molar-refractivity contribution in [3.05, 3.63) is 0 Å². The van der Waals surface area contributed by atoms with E-state index in [4.69, 9.17) is 9.47 Å². The van der Waals surface area contributed by atoms with Crippen molar-refractivity contribution >= 4 is 5.97 Å². The van der Waals surface area contributed by atoms with E-state index in [2.05, 4.69) is 6.92 Å². The molecule has 7 nitrogen and oxygen atoms in total. The van der Waals surface area contributed by atoms with Crippen molar-refractivity contribution in [3.8, 4) is 0 Å². The number of unbranched alkanes of at least 4 members (excludes halogenated alkanes) is 10. The van der Waals surface area contributed by atoms with Gasteiger partial charge in [-0.3, -0.25) is 4.79 Å². The number of carbonyl (C=O) groups is 1. The van der Waals surface area contributed by atoms with Gasteiger partial charge in [0.15, 0.2) is 6.29 Å². The lowest BCUT2D eigenvalue weighted by atomic mass is 9.99. The smallest absolute Gasteiger partial charge is 0.305 e. The Morgan fingerprint density at radius 2 is 1.30 bits per heavy atom. The molecule has 7 heteroatoms. The number of esters is 1. The van der Waals surface area contributed by atoms with Crippen LogP contribution < -0.4 is 0 Å². The second kappa shape index (κ2) is 14.3. The van der Waals surface area contributed by atoms with Crippen LogP contribution in [0.15, 0.2) is 0 Å². The van der Waals surface area contributed by atoms with Crippen molar-refractivity contribution in [1.29, 1.82) is 0 Å². The van der Waals surface area contributed by atoms with Crippen LogP contribution >= 0.6 is 0 Å². The van der Waals surface area contributed by atoms with Crippen LogP contribution in [0.1, 0.15) is 84.0 Å². The third kappa shape index (κ3) is 9.85. The van der Waals surface area contributed by atoms with Gasteiger partial charge in [-0.1, -0.05) is 71.1 Å². The van der Waals surface area contributed by atoms with Crippen LogP contribution in [-0.4, -0.2) is 63.7 Å². The Morgan fingerprint density at radius 3 is 1.85 bits per heavy atom. The summed E-state index contributed by atoms with van der Waals surface area (Å²) in [5.41, 5.74) is 0. The number of hydrogen-bond donors (Lipinski definition) is 4. The van der Waals surface area contributed by atoms with Crippen LogP contribution in [-0.2, 0) is 14.3 Å². The average molecular weight is 391 g/mol. The average Bonchev–Trinajstić information content (AvgIpc) is 2.66. The van der Waals surface area contributed by atoms with E-state index in [1.165, 1.54) is 51.4 Å². The highest BCUT2D eigenvalue weighted by Crippen LogP contribution is 2.20. The molecule has 0 bridgehead atoms. The van der Waals surface area contributed by atoms with Crippen LogP contribution in [0.4, 0.5) is 0 Å². The van der Waals surface area contributed by atoms with Crippen molar-refractivity contribution in [2.75, 3.05) is 6.61 Å². The molecular weight excluding hydrogens is 352 g/mol. The molecule has 1 rings (SSSR count). The monoisotopic (exact) mass is 390 g/mol. The SMILES string of the molecule is CCCCCCCCCCCCCC(=O)OC[C@H]1O[C@H](O)[C@H](O)[C@@H](O)[C@@H]1O. The van der Waals surface area contributed by atoms with Crippen LogP contribution in [0.25, 0.3) is 0 Å². The number of ether oxygens (including phenoxy) is 2. The van der Waals surface area contributed by atoms with E-state index in [0.29, 0.717) is 6.42 Å². The Kier molecular flexibility index (Phi) is 12.9. The molecule has 0 saturated carbocycles. The molecule has 0 aliphatic carbocycles. The van der Waals surface area contributed by atoms with E-state index < -0.39 is 36.7 Å². The number of rotatable bonds is 14. The zero-order valence-electron chi connectivity index (χ0n) is 16.6. The van der Waals surface area contributed by atoms with E-state index in [-0.39, 0.29) is 6.61 Å². The van der Waals surface area contributed by atoms with Gasteiger partial charge in [0.1, 0.15) is 31.0 Å². The maximum absolute atomic E-state index is 11.7. The van der Waals surface area contributed by atoms with Crippen LogP contribution in [0.5, 0.6) is 0 Å². The quantitative estimate of drug-likeness (QED) is 0.265. The zero-order chi connectivity index (χ0) is 20.1. The molecule has 0 radical (unpaired) electrons. The van der Waals surface area contributed by atoms with Gasteiger partial charge in [-0.25, -0.2) is 0 Å². The first kappa shape index (κ1) is 24.3. The lowest BCUT2D eigenvalue weighted by Gasteiger charge is -2.37. The molecule has 1 aliphatic rings. The first-order valence-corrected chi connectivity index (χ1v) is 10.5. The normalized spacial score (nSPS) is 28.3. The zero-order valence-corrected chi connectivity index (χ0v) is 16.6. The fourth-order valence-corrected chi connectivity index (χ4v) is 3.25. The van der Waals surface area contributed by atoms with Gasteiger partial charge in [0.25, 0.3) is 0 Å². The second-order valence-electron chi connectivity index (χ2n) is 7.51. The lowest BCUT2D eigenvalue weighted by molar-refractivity contribution is -0.287. The van der Waals surface area contributed by atoms with Crippen LogP contribution in [0.3, 0.4) is 0 Å². The summed E-state index contributed by atoms with van der Waals surface area (Å²) in [6.07, 6.45) is 6.32. The summed E-state index contributed by atoms with van der Waals surface area (Å²) in [5.74, 6) is -0.392. The number of carbonyl (C=O) groups excluding carboxylic acids is 1. The molecule has 1 fully saturated rings. The number of hydrogen-bond acceptors (Lipinski definition) is 7. The Hall–Kier alpha value is -0.730. The second-order valence-corrected chi connectivity index (χ2v) is 7.51. The third-order valence-electron chi connectivity index (χ3n) is 5.08. The van der Waals surface area contributed by atoms with Crippen molar-refractivity contribution in [1.82, 2.24) is 0 Å².